The fourth-order valence-corrected chi connectivity index (χ4v) is 4.44. The van der Waals surface area contributed by atoms with Crippen LogP contribution in [0.25, 0.3) is 21.3 Å². The highest BCUT2D eigenvalue weighted by atomic mass is 32.1. The van der Waals surface area contributed by atoms with Gasteiger partial charge in [0, 0.05) is 22.4 Å². The number of fused-ring (bicyclic) bond motifs is 1. The molecule has 6 nitrogen and oxygen atoms in total. The lowest BCUT2D eigenvalue weighted by Gasteiger charge is -2.26. The van der Waals surface area contributed by atoms with Crippen LogP contribution in [0.2, 0.25) is 0 Å². The van der Waals surface area contributed by atoms with Crippen LogP contribution in [0, 0.1) is 0 Å². The predicted octanol–water partition coefficient (Wildman–Crippen LogP) is 5.53. The lowest BCUT2D eigenvalue weighted by atomic mass is 9.92. The average molecular weight is 461 g/mol. The maximum Gasteiger partial charge on any atom is 0.290 e. The summed E-state index contributed by atoms with van der Waals surface area (Å²) in [6.07, 6.45) is 3.28. The van der Waals surface area contributed by atoms with Gasteiger partial charge < -0.3 is 15.2 Å². The van der Waals surface area contributed by atoms with E-state index in [-0.39, 0.29) is 18.4 Å². The molecule has 1 fully saturated rings. The topological polar surface area (TPSA) is 88.5 Å². The number of carbonyl (C=O) groups excluding carboxylic acids is 1. The van der Waals surface area contributed by atoms with E-state index in [1.165, 1.54) is 6.42 Å². The van der Waals surface area contributed by atoms with Gasteiger partial charge in [-0.3, -0.25) is 9.59 Å². The highest BCUT2D eigenvalue weighted by Gasteiger charge is 2.23. The number of hydrogen-bond donors (Lipinski definition) is 2. The Bertz CT molecular complexity index is 1240. The molecular weight excluding hydrogens is 436 g/mol. The van der Waals surface area contributed by atoms with Crippen LogP contribution in [0.4, 0.5) is 0 Å². The number of aromatic nitrogens is 1. The van der Waals surface area contributed by atoms with E-state index in [9.17, 15) is 4.79 Å². The first-order valence-corrected chi connectivity index (χ1v) is 11.6. The third-order valence-corrected chi connectivity index (χ3v) is 6.44. The van der Waals surface area contributed by atoms with E-state index in [1.54, 1.807) is 11.3 Å². The summed E-state index contributed by atoms with van der Waals surface area (Å²) in [5.41, 5.74) is 2.54. The molecule has 33 heavy (non-hydrogen) atoms. The number of amides is 1. The second kappa shape index (κ2) is 10.7. The Hall–Kier alpha value is -3.71. The molecule has 1 amide bonds. The monoisotopic (exact) mass is 460 g/mol. The zero-order chi connectivity index (χ0) is 23.0. The number of rotatable bonds is 6. The largest absolute Gasteiger partial charge is 0.486 e. The second-order valence-corrected chi connectivity index (χ2v) is 8.53. The van der Waals surface area contributed by atoms with E-state index in [1.807, 2.05) is 60.0 Å². The number of nitrogens with one attached hydrogen (secondary N) is 1. The van der Waals surface area contributed by atoms with Crippen molar-refractivity contribution >= 4 is 34.5 Å². The predicted molar refractivity (Wildman–Crippen MR) is 130 cm³/mol. The van der Waals surface area contributed by atoms with Crippen LogP contribution in [0.1, 0.15) is 35.3 Å². The smallest absolute Gasteiger partial charge is 0.290 e. The van der Waals surface area contributed by atoms with E-state index >= 15 is 0 Å². The quantitative estimate of drug-likeness (QED) is 0.370. The molecule has 0 radical (unpaired) electrons. The molecule has 0 atom stereocenters. The summed E-state index contributed by atoms with van der Waals surface area (Å²) in [7, 11) is 0. The SMILES string of the molecule is O=C(NC1CCC1)c1ccc2ccccc2c1OCc1csc(-c2ccccc2)n1.O=CO. The second-order valence-electron chi connectivity index (χ2n) is 7.67. The fraction of sp³-hybridized carbons (Fsp3) is 0.192. The number of benzene rings is 3. The average Bonchev–Trinajstić information content (AvgIpc) is 3.30. The zero-order valence-electron chi connectivity index (χ0n) is 17.9. The summed E-state index contributed by atoms with van der Waals surface area (Å²) in [6.45, 7) is 0.0705. The summed E-state index contributed by atoms with van der Waals surface area (Å²) in [4.78, 5) is 26.0. The van der Waals surface area contributed by atoms with Gasteiger partial charge in [0.25, 0.3) is 12.4 Å². The maximum absolute atomic E-state index is 12.9. The Morgan fingerprint density at radius 1 is 1.09 bits per heavy atom. The number of hydrogen-bond acceptors (Lipinski definition) is 5. The first-order chi connectivity index (χ1) is 16.2. The number of nitrogens with zero attached hydrogens (tertiary/aromatic N) is 1. The molecule has 1 aliphatic carbocycles. The molecule has 5 rings (SSSR count). The van der Waals surface area contributed by atoms with Crippen molar-refractivity contribution < 1.29 is 19.4 Å². The van der Waals surface area contributed by atoms with Crippen molar-refractivity contribution in [1.29, 1.82) is 0 Å². The molecule has 1 aromatic heterocycles. The van der Waals surface area contributed by atoms with Gasteiger partial charge >= 0.3 is 0 Å². The van der Waals surface area contributed by atoms with Crippen LogP contribution < -0.4 is 10.1 Å². The third kappa shape index (κ3) is 5.38. The van der Waals surface area contributed by atoms with Crippen molar-refractivity contribution in [1.82, 2.24) is 10.3 Å². The molecule has 2 N–H and O–H groups in total. The number of carboxylic acid groups (broad SMARTS) is 1. The van der Waals surface area contributed by atoms with Crippen molar-refractivity contribution in [3.05, 3.63) is 83.4 Å². The Kier molecular flexibility index (Phi) is 7.32. The number of thiazole rings is 1. The molecule has 0 bridgehead atoms. The lowest BCUT2D eigenvalue weighted by Crippen LogP contribution is -2.39. The normalized spacial score (nSPS) is 12.8. The Labute approximate surface area is 195 Å². The summed E-state index contributed by atoms with van der Waals surface area (Å²) in [5, 5.41) is 15.0. The van der Waals surface area contributed by atoms with Crippen LogP contribution in [0.3, 0.4) is 0 Å². The van der Waals surface area contributed by atoms with Crippen LogP contribution in [0.15, 0.2) is 72.1 Å². The van der Waals surface area contributed by atoms with Crippen molar-refractivity contribution in [2.24, 2.45) is 0 Å². The van der Waals surface area contributed by atoms with E-state index in [0.717, 1.165) is 39.9 Å². The van der Waals surface area contributed by atoms with Gasteiger partial charge in [0.2, 0.25) is 0 Å². The molecule has 168 valence electrons. The Morgan fingerprint density at radius 2 is 1.82 bits per heavy atom. The van der Waals surface area contributed by atoms with Crippen molar-refractivity contribution in [2.75, 3.05) is 0 Å². The number of ether oxygens (including phenoxy) is 1. The first kappa shape index (κ1) is 22.5. The highest BCUT2D eigenvalue weighted by molar-refractivity contribution is 7.13. The van der Waals surface area contributed by atoms with Gasteiger partial charge in [-0.2, -0.15) is 0 Å². The standard InChI is InChI=1S/C25H22N2O2S.CH2O2/c28-24(26-19-10-6-11-19)22-14-13-17-7-4-5-12-21(17)23(22)29-15-20-16-30-25(27-20)18-8-2-1-3-9-18;2-1-3/h1-5,7-9,12-14,16,19H,6,10-11,15H2,(H,26,28);1H,(H,2,3). The van der Waals surface area contributed by atoms with E-state index in [2.05, 4.69) is 17.4 Å². The minimum Gasteiger partial charge on any atom is -0.486 e. The summed E-state index contributed by atoms with van der Waals surface area (Å²) >= 11 is 1.60. The minimum atomic E-state index is -0.250. The molecular formula is C26H24N2O4S. The summed E-state index contributed by atoms with van der Waals surface area (Å²) < 4.78 is 6.22. The molecule has 1 heterocycles. The van der Waals surface area contributed by atoms with Crippen LogP contribution in [-0.4, -0.2) is 28.5 Å². The molecule has 4 aromatic rings. The van der Waals surface area contributed by atoms with Crippen LogP contribution in [0.5, 0.6) is 5.75 Å². The highest BCUT2D eigenvalue weighted by Crippen LogP contribution is 2.32. The first-order valence-electron chi connectivity index (χ1n) is 10.7. The van der Waals surface area contributed by atoms with Gasteiger partial charge in [-0.25, -0.2) is 4.98 Å². The van der Waals surface area contributed by atoms with Crippen LogP contribution >= 0.6 is 11.3 Å². The molecule has 7 heteroatoms. The van der Waals surface area contributed by atoms with Gasteiger partial charge in [0.15, 0.2) is 0 Å². The molecule has 0 spiro atoms. The van der Waals surface area contributed by atoms with Crippen molar-refractivity contribution in [3.8, 4) is 16.3 Å². The Balaban J connectivity index is 0.000000821. The third-order valence-electron chi connectivity index (χ3n) is 5.50. The van der Waals surface area contributed by atoms with Crippen molar-refractivity contribution in [2.45, 2.75) is 31.9 Å². The molecule has 1 saturated carbocycles. The lowest BCUT2D eigenvalue weighted by molar-refractivity contribution is -0.122. The van der Waals surface area contributed by atoms with Crippen LogP contribution in [-0.2, 0) is 11.4 Å². The van der Waals surface area contributed by atoms with Gasteiger partial charge in [0.1, 0.15) is 17.4 Å². The van der Waals surface area contributed by atoms with E-state index in [4.69, 9.17) is 19.6 Å². The fourth-order valence-electron chi connectivity index (χ4n) is 3.63. The number of carbonyl (C=O) groups is 2. The molecule has 1 aliphatic rings. The Morgan fingerprint density at radius 3 is 2.55 bits per heavy atom. The van der Waals surface area contributed by atoms with Gasteiger partial charge in [-0.05, 0) is 30.7 Å². The molecule has 0 unspecified atom stereocenters. The maximum atomic E-state index is 12.9. The summed E-state index contributed by atoms with van der Waals surface area (Å²) in [6, 6.07) is 22.2. The zero-order valence-corrected chi connectivity index (χ0v) is 18.8. The molecule has 3 aromatic carbocycles. The molecule has 0 aliphatic heterocycles. The minimum absolute atomic E-state index is 0.0660. The van der Waals surface area contributed by atoms with Crippen molar-refractivity contribution in [3.63, 3.8) is 0 Å². The van der Waals surface area contributed by atoms with Gasteiger partial charge in [-0.15, -0.1) is 11.3 Å². The molecule has 0 saturated heterocycles. The van der Waals surface area contributed by atoms with E-state index < -0.39 is 0 Å². The summed E-state index contributed by atoms with van der Waals surface area (Å²) in [5.74, 6) is 0.558. The van der Waals surface area contributed by atoms with E-state index in [0.29, 0.717) is 17.9 Å². The van der Waals surface area contributed by atoms with Gasteiger partial charge in [0.05, 0.1) is 11.3 Å². The van der Waals surface area contributed by atoms with Gasteiger partial charge in [-0.1, -0.05) is 60.7 Å².